The number of esters is 1. The van der Waals surface area contributed by atoms with Crippen LogP contribution in [0.2, 0.25) is 0 Å². The minimum absolute atomic E-state index is 0.151. The van der Waals surface area contributed by atoms with E-state index in [4.69, 9.17) is 9.47 Å². The summed E-state index contributed by atoms with van der Waals surface area (Å²) in [5.41, 5.74) is 1.08. The molecule has 0 saturated heterocycles. The molecule has 0 aliphatic heterocycles. The Balaban J connectivity index is 2.03. The summed E-state index contributed by atoms with van der Waals surface area (Å²) in [6, 6.07) is 9.00. The van der Waals surface area contributed by atoms with E-state index in [-0.39, 0.29) is 12.3 Å². The van der Waals surface area contributed by atoms with Crippen LogP contribution in [0.5, 0.6) is 5.75 Å². The fraction of sp³-hybridized carbons (Fsp3) is 0.267. The van der Waals surface area contributed by atoms with E-state index in [0.29, 0.717) is 12.4 Å². The van der Waals surface area contributed by atoms with E-state index in [1.165, 1.54) is 12.3 Å². The van der Waals surface area contributed by atoms with Crippen LogP contribution in [0, 0.1) is 6.92 Å². The lowest BCUT2D eigenvalue weighted by Gasteiger charge is -2.10. The van der Waals surface area contributed by atoms with Crippen molar-refractivity contribution in [2.24, 2.45) is 0 Å². The van der Waals surface area contributed by atoms with E-state index in [9.17, 15) is 4.79 Å². The number of carbonyl (C=O) groups is 1. The topological polar surface area (TPSA) is 61.3 Å². The first-order valence-corrected chi connectivity index (χ1v) is 6.38. The maximum Gasteiger partial charge on any atom is 0.357 e. The number of aromatic nitrogens is 2. The van der Waals surface area contributed by atoms with Gasteiger partial charge in [-0.1, -0.05) is 18.2 Å². The molecule has 104 valence electrons. The number of aryl methyl sites for hydroxylation is 1. The van der Waals surface area contributed by atoms with Crippen molar-refractivity contribution in [1.82, 2.24) is 9.97 Å². The molecule has 2 rings (SSSR count). The van der Waals surface area contributed by atoms with Crippen molar-refractivity contribution in [2.75, 3.05) is 6.61 Å². The number of nitrogens with zero attached hydrogens (tertiary/aromatic N) is 2. The van der Waals surface area contributed by atoms with Gasteiger partial charge in [0.2, 0.25) is 0 Å². The van der Waals surface area contributed by atoms with E-state index < -0.39 is 5.97 Å². The minimum Gasteiger partial charge on any atom is -0.493 e. The van der Waals surface area contributed by atoms with E-state index in [1.807, 2.05) is 31.2 Å². The molecule has 0 saturated carbocycles. The Hall–Kier alpha value is -2.43. The SMILES string of the molecule is CCOc1ccccc1COC(=O)c1ccnc(C)n1. The van der Waals surface area contributed by atoms with E-state index in [2.05, 4.69) is 9.97 Å². The lowest BCUT2D eigenvalue weighted by atomic mass is 10.2. The van der Waals surface area contributed by atoms with Gasteiger partial charge in [-0.25, -0.2) is 14.8 Å². The number of carbonyl (C=O) groups excluding carboxylic acids is 1. The number of rotatable bonds is 5. The van der Waals surface area contributed by atoms with Crippen LogP contribution >= 0.6 is 0 Å². The van der Waals surface area contributed by atoms with Crippen LogP contribution in [-0.2, 0) is 11.3 Å². The second-order valence-electron chi connectivity index (χ2n) is 4.11. The Morgan fingerprint density at radius 3 is 2.80 bits per heavy atom. The van der Waals surface area contributed by atoms with Crippen LogP contribution in [0.4, 0.5) is 0 Å². The third-order valence-electron chi connectivity index (χ3n) is 2.62. The first-order chi connectivity index (χ1) is 9.70. The Labute approximate surface area is 117 Å². The molecule has 1 aromatic heterocycles. The molecule has 0 atom stereocenters. The first kappa shape index (κ1) is 14.0. The lowest BCUT2D eigenvalue weighted by Crippen LogP contribution is -2.09. The van der Waals surface area contributed by atoms with Crippen molar-refractivity contribution >= 4 is 5.97 Å². The lowest BCUT2D eigenvalue weighted by molar-refractivity contribution is 0.0462. The molecule has 5 nitrogen and oxygen atoms in total. The molecule has 5 heteroatoms. The van der Waals surface area contributed by atoms with Crippen molar-refractivity contribution in [1.29, 1.82) is 0 Å². The Morgan fingerprint density at radius 2 is 2.05 bits per heavy atom. The molecule has 1 aromatic carbocycles. The molecule has 0 aliphatic rings. The van der Waals surface area contributed by atoms with Crippen LogP contribution in [0.3, 0.4) is 0 Å². The van der Waals surface area contributed by atoms with Gasteiger partial charge in [0, 0.05) is 11.8 Å². The highest BCUT2D eigenvalue weighted by Gasteiger charge is 2.11. The summed E-state index contributed by atoms with van der Waals surface area (Å²) in [6.45, 7) is 4.35. The highest BCUT2D eigenvalue weighted by molar-refractivity contribution is 5.87. The maximum atomic E-state index is 11.9. The van der Waals surface area contributed by atoms with Crippen LogP contribution in [-0.4, -0.2) is 22.5 Å². The third kappa shape index (κ3) is 3.54. The van der Waals surface area contributed by atoms with Crippen molar-refractivity contribution in [3.8, 4) is 5.75 Å². The molecule has 0 radical (unpaired) electrons. The fourth-order valence-electron chi connectivity index (χ4n) is 1.71. The molecule has 0 fully saturated rings. The van der Waals surface area contributed by atoms with Gasteiger partial charge in [0.25, 0.3) is 0 Å². The number of ether oxygens (including phenoxy) is 2. The molecular formula is C15H16N2O3. The molecular weight excluding hydrogens is 256 g/mol. The van der Waals surface area contributed by atoms with Crippen LogP contribution in [0.15, 0.2) is 36.5 Å². The van der Waals surface area contributed by atoms with Crippen molar-refractivity contribution in [3.63, 3.8) is 0 Å². The first-order valence-electron chi connectivity index (χ1n) is 6.38. The number of hydrogen-bond acceptors (Lipinski definition) is 5. The van der Waals surface area contributed by atoms with Crippen molar-refractivity contribution in [2.45, 2.75) is 20.5 Å². The quantitative estimate of drug-likeness (QED) is 0.783. The zero-order valence-electron chi connectivity index (χ0n) is 11.5. The third-order valence-corrected chi connectivity index (χ3v) is 2.62. The molecule has 0 amide bonds. The smallest absolute Gasteiger partial charge is 0.357 e. The maximum absolute atomic E-state index is 11.9. The predicted octanol–water partition coefficient (Wildman–Crippen LogP) is 2.54. The fourth-order valence-corrected chi connectivity index (χ4v) is 1.71. The monoisotopic (exact) mass is 272 g/mol. The van der Waals surface area contributed by atoms with Gasteiger partial charge in [-0.2, -0.15) is 0 Å². The van der Waals surface area contributed by atoms with Gasteiger partial charge in [-0.05, 0) is 26.0 Å². The average Bonchev–Trinajstić information content (AvgIpc) is 2.46. The molecule has 0 bridgehead atoms. The Bertz CT molecular complexity index is 599. The summed E-state index contributed by atoms with van der Waals surface area (Å²) in [5, 5.41) is 0. The van der Waals surface area contributed by atoms with Gasteiger partial charge in [-0.3, -0.25) is 0 Å². The summed E-state index contributed by atoms with van der Waals surface area (Å²) >= 11 is 0. The summed E-state index contributed by atoms with van der Waals surface area (Å²) in [7, 11) is 0. The molecule has 0 N–H and O–H groups in total. The predicted molar refractivity (Wildman–Crippen MR) is 73.5 cm³/mol. The number of benzene rings is 1. The van der Waals surface area contributed by atoms with Gasteiger partial charge in [-0.15, -0.1) is 0 Å². The summed E-state index contributed by atoms with van der Waals surface area (Å²) in [6.07, 6.45) is 1.53. The highest BCUT2D eigenvalue weighted by Crippen LogP contribution is 2.19. The normalized spacial score (nSPS) is 10.1. The van der Waals surface area contributed by atoms with E-state index in [0.717, 1.165) is 11.3 Å². The van der Waals surface area contributed by atoms with Gasteiger partial charge in [0.15, 0.2) is 5.69 Å². The summed E-state index contributed by atoms with van der Waals surface area (Å²) in [5.74, 6) is 0.789. The second kappa shape index (κ2) is 6.65. The van der Waals surface area contributed by atoms with Crippen molar-refractivity contribution in [3.05, 3.63) is 53.6 Å². The standard InChI is InChI=1S/C15H16N2O3/c1-3-19-14-7-5-4-6-12(14)10-20-15(18)13-8-9-16-11(2)17-13/h4-9H,3,10H2,1-2H3. The van der Waals surface area contributed by atoms with Gasteiger partial charge in [0.1, 0.15) is 18.2 Å². The number of hydrogen-bond donors (Lipinski definition) is 0. The molecule has 0 unspecified atom stereocenters. The zero-order valence-corrected chi connectivity index (χ0v) is 11.5. The summed E-state index contributed by atoms with van der Waals surface area (Å²) in [4.78, 5) is 19.9. The molecule has 0 aliphatic carbocycles. The second-order valence-corrected chi connectivity index (χ2v) is 4.11. The summed E-state index contributed by atoms with van der Waals surface area (Å²) < 4.78 is 10.7. The van der Waals surface area contributed by atoms with E-state index >= 15 is 0 Å². The van der Waals surface area contributed by atoms with Crippen LogP contribution in [0.1, 0.15) is 28.8 Å². The van der Waals surface area contributed by atoms with Crippen LogP contribution < -0.4 is 4.74 Å². The number of para-hydroxylation sites is 1. The van der Waals surface area contributed by atoms with Gasteiger partial charge in [0.05, 0.1) is 6.61 Å². The van der Waals surface area contributed by atoms with Crippen molar-refractivity contribution < 1.29 is 14.3 Å². The Morgan fingerprint density at radius 1 is 1.25 bits per heavy atom. The molecule has 1 heterocycles. The molecule has 2 aromatic rings. The molecule has 20 heavy (non-hydrogen) atoms. The Kier molecular flexibility index (Phi) is 4.65. The minimum atomic E-state index is -0.471. The largest absolute Gasteiger partial charge is 0.493 e. The average molecular weight is 272 g/mol. The van der Waals surface area contributed by atoms with Gasteiger partial charge >= 0.3 is 5.97 Å². The molecule has 0 spiro atoms. The highest BCUT2D eigenvalue weighted by atomic mass is 16.5. The van der Waals surface area contributed by atoms with Gasteiger partial charge < -0.3 is 9.47 Å². The zero-order chi connectivity index (χ0) is 14.4. The van der Waals surface area contributed by atoms with Crippen LogP contribution in [0.25, 0.3) is 0 Å². The van der Waals surface area contributed by atoms with E-state index in [1.54, 1.807) is 6.92 Å².